The molecule has 2 aliphatic heterocycles. The molecule has 0 bridgehead atoms. The first-order valence-corrected chi connectivity index (χ1v) is 12.8. The molecule has 0 aromatic carbocycles. The fourth-order valence-electron chi connectivity index (χ4n) is 5.27. The number of rotatable bonds is 7. The average molecular weight is 461 g/mol. The third kappa shape index (κ3) is 5.36. The Hall–Kier alpha value is -2.64. The zero-order chi connectivity index (χ0) is 23.5. The summed E-state index contributed by atoms with van der Waals surface area (Å²) in [6.45, 7) is 8.09. The van der Waals surface area contributed by atoms with E-state index in [0.29, 0.717) is 13.0 Å². The van der Waals surface area contributed by atoms with Crippen LogP contribution in [0.5, 0.6) is 0 Å². The molecule has 2 fully saturated rings. The first kappa shape index (κ1) is 23.1. The van der Waals surface area contributed by atoms with Crippen molar-refractivity contribution in [1.82, 2.24) is 29.5 Å². The highest BCUT2D eigenvalue weighted by Gasteiger charge is 2.19. The molecule has 0 spiro atoms. The minimum Gasteiger partial charge on any atom is -0.298 e. The van der Waals surface area contributed by atoms with E-state index in [1.165, 1.54) is 37.8 Å². The minimum atomic E-state index is 0.238. The molecule has 3 aromatic heterocycles. The molecule has 2 saturated heterocycles. The lowest BCUT2D eigenvalue weighted by atomic mass is 9.99. The number of nitrogens with zero attached hydrogens (tertiary/aromatic N) is 6. The van der Waals surface area contributed by atoms with Crippen LogP contribution in [0.3, 0.4) is 0 Å². The van der Waals surface area contributed by atoms with Crippen LogP contribution in [-0.2, 0) is 24.8 Å². The molecule has 5 rings (SSSR count). The van der Waals surface area contributed by atoms with Crippen molar-refractivity contribution in [2.75, 3.05) is 32.7 Å². The molecule has 3 aromatic rings. The lowest BCUT2D eigenvalue weighted by molar-refractivity contribution is -0.119. The summed E-state index contributed by atoms with van der Waals surface area (Å²) in [6.07, 6.45) is 12.3. The summed E-state index contributed by atoms with van der Waals surface area (Å²) < 4.78 is 1.99. The first-order valence-electron chi connectivity index (χ1n) is 12.8. The highest BCUT2D eigenvalue weighted by atomic mass is 16.1. The van der Waals surface area contributed by atoms with Gasteiger partial charge < -0.3 is 0 Å². The summed E-state index contributed by atoms with van der Waals surface area (Å²) in [6, 6.07) is 4.20. The molecule has 7 nitrogen and oxygen atoms in total. The van der Waals surface area contributed by atoms with E-state index in [-0.39, 0.29) is 5.78 Å². The van der Waals surface area contributed by atoms with Gasteiger partial charge in [-0.1, -0.05) is 13.3 Å². The van der Waals surface area contributed by atoms with Crippen molar-refractivity contribution in [1.29, 1.82) is 0 Å². The number of ketones is 1. The fraction of sp³-hybridized carbons (Fsp3) is 0.556. The van der Waals surface area contributed by atoms with Crippen LogP contribution >= 0.6 is 0 Å². The Morgan fingerprint density at radius 1 is 0.971 bits per heavy atom. The second kappa shape index (κ2) is 10.3. The molecule has 0 unspecified atom stereocenters. The predicted octanol–water partition coefficient (Wildman–Crippen LogP) is 3.86. The molecule has 0 saturated carbocycles. The number of hydrogen-bond donors (Lipinski definition) is 0. The van der Waals surface area contributed by atoms with Crippen LogP contribution in [0.15, 0.2) is 30.7 Å². The van der Waals surface area contributed by atoms with Gasteiger partial charge in [0, 0.05) is 42.0 Å². The third-order valence-electron chi connectivity index (χ3n) is 7.47. The molecule has 0 aliphatic carbocycles. The molecule has 0 radical (unpaired) electrons. The van der Waals surface area contributed by atoms with Gasteiger partial charge in [0.25, 0.3) is 0 Å². The average Bonchev–Trinajstić information content (AvgIpc) is 3.20. The highest BCUT2D eigenvalue weighted by Crippen LogP contribution is 2.27. The van der Waals surface area contributed by atoms with Crippen LogP contribution in [0.1, 0.15) is 50.4 Å². The number of likely N-dealkylation sites (tertiary alicyclic amines) is 2. The van der Waals surface area contributed by atoms with Gasteiger partial charge in [-0.25, -0.2) is 0 Å². The Morgan fingerprint density at radius 2 is 1.76 bits per heavy atom. The van der Waals surface area contributed by atoms with E-state index in [4.69, 9.17) is 0 Å². The van der Waals surface area contributed by atoms with Gasteiger partial charge in [0.1, 0.15) is 0 Å². The first-order chi connectivity index (χ1) is 16.5. The Labute approximate surface area is 202 Å². The summed E-state index contributed by atoms with van der Waals surface area (Å²) in [5.41, 5.74) is 5.10. The Morgan fingerprint density at radius 3 is 2.56 bits per heavy atom. The summed E-state index contributed by atoms with van der Waals surface area (Å²) in [5.74, 6) is 1.01. The summed E-state index contributed by atoms with van der Waals surface area (Å²) in [4.78, 5) is 26.7. The van der Waals surface area contributed by atoms with Crippen molar-refractivity contribution in [2.24, 2.45) is 13.0 Å². The maximum atomic E-state index is 12.7. The van der Waals surface area contributed by atoms with Gasteiger partial charge in [-0.2, -0.15) is 5.10 Å². The second-order valence-electron chi connectivity index (χ2n) is 10.2. The van der Waals surface area contributed by atoms with E-state index in [0.717, 1.165) is 66.4 Å². The van der Waals surface area contributed by atoms with Crippen LogP contribution in [0, 0.1) is 5.92 Å². The van der Waals surface area contributed by atoms with E-state index in [1.54, 1.807) is 6.20 Å². The smallest absolute Gasteiger partial charge is 0.152 e. The van der Waals surface area contributed by atoms with Crippen molar-refractivity contribution >= 4 is 16.7 Å². The lowest BCUT2D eigenvalue weighted by Crippen LogP contribution is -2.37. The van der Waals surface area contributed by atoms with E-state index in [9.17, 15) is 4.79 Å². The van der Waals surface area contributed by atoms with Crippen molar-refractivity contribution < 1.29 is 4.79 Å². The van der Waals surface area contributed by atoms with Crippen LogP contribution < -0.4 is 0 Å². The molecule has 180 valence electrons. The largest absolute Gasteiger partial charge is 0.298 e. The summed E-state index contributed by atoms with van der Waals surface area (Å²) in [5, 5.41) is 5.58. The van der Waals surface area contributed by atoms with Crippen LogP contribution in [0.25, 0.3) is 22.0 Å². The van der Waals surface area contributed by atoms with Crippen LogP contribution in [0.4, 0.5) is 0 Å². The van der Waals surface area contributed by atoms with Gasteiger partial charge in [0.05, 0.1) is 36.6 Å². The normalized spacial score (nSPS) is 18.5. The van der Waals surface area contributed by atoms with Crippen LogP contribution in [0.2, 0.25) is 0 Å². The number of carbonyl (C=O) groups is 1. The third-order valence-corrected chi connectivity index (χ3v) is 7.47. The predicted molar refractivity (Wildman–Crippen MR) is 134 cm³/mol. The number of piperidine rings is 2. The zero-order valence-electron chi connectivity index (χ0n) is 20.5. The molecular weight excluding hydrogens is 424 g/mol. The molecule has 0 N–H and O–H groups in total. The maximum absolute atomic E-state index is 12.7. The number of fused-ring (bicyclic) bond motifs is 1. The monoisotopic (exact) mass is 460 g/mol. The quantitative estimate of drug-likeness (QED) is 0.533. The van der Waals surface area contributed by atoms with Gasteiger partial charge in [0.15, 0.2) is 5.78 Å². The molecule has 5 heterocycles. The van der Waals surface area contributed by atoms with Gasteiger partial charge in [-0.3, -0.25) is 29.2 Å². The van der Waals surface area contributed by atoms with Gasteiger partial charge in [-0.15, -0.1) is 0 Å². The van der Waals surface area contributed by atoms with E-state index >= 15 is 0 Å². The van der Waals surface area contributed by atoms with Gasteiger partial charge >= 0.3 is 0 Å². The van der Waals surface area contributed by atoms with E-state index in [1.807, 2.05) is 30.2 Å². The number of Topliss-reactive ketones (excluding diaryl/α,β-unsaturated/α-hetero) is 1. The van der Waals surface area contributed by atoms with E-state index in [2.05, 4.69) is 37.9 Å². The molecule has 0 atom stereocenters. The Balaban J connectivity index is 1.32. The second-order valence-corrected chi connectivity index (χ2v) is 10.2. The zero-order valence-corrected chi connectivity index (χ0v) is 20.5. The maximum Gasteiger partial charge on any atom is 0.152 e. The molecule has 7 heteroatoms. The van der Waals surface area contributed by atoms with Crippen molar-refractivity contribution in [3.8, 4) is 11.1 Å². The molecule has 34 heavy (non-hydrogen) atoms. The highest BCUT2D eigenvalue weighted by molar-refractivity contribution is 5.86. The number of hydrogen-bond acceptors (Lipinski definition) is 6. The SMILES string of the molecule is CC1CCN(CC(=O)Cc2cc3cc(-c4cnn(C)c4CN4CCCCC4)cnc3cn2)CC1. The number of pyridine rings is 2. The standard InChI is InChI=1S/C27H36N6O/c1-20-6-10-33(11-7-20)18-24(34)14-23-13-21-12-22(15-29-26(21)17-28-23)25-16-30-31(2)27(25)19-32-8-4-3-5-9-32/h12-13,15-17,20H,3-11,14,18-19H2,1-2H3. The van der Waals surface area contributed by atoms with Crippen LogP contribution in [-0.4, -0.2) is 68.1 Å². The Bertz CT molecular complexity index is 1140. The number of aryl methyl sites for hydroxylation is 1. The summed E-state index contributed by atoms with van der Waals surface area (Å²) in [7, 11) is 2.02. The van der Waals surface area contributed by atoms with Crippen molar-refractivity contribution in [3.05, 3.63) is 42.1 Å². The molecule has 2 aliphatic rings. The lowest BCUT2D eigenvalue weighted by Gasteiger charge is -2.29. The summed E-state index contributed by atoms with van der Waals surface area (Å²) >= 11 is 0. The van der Waals surface area contributed by atoms with Gasteiger partial charge in [0.2, 0.25) is 0 Å². The minimum absolute atomic E-state index is 0.238. The topological polar surface area (TPSA) is 67.2 Å². The number of carbonyl (C=O) groups excluding carboxylic acids is 1. The van der Waals surface area contributed by atoms with E-state index < -0.39 is 0 Å². The number of aromatic nitrogens is 4. The molecular formula is C27H36N6O. The Kier molecular flexibility index (Phi) is 7.02. The van der Waals surface area contributed by atoms with Crippen molar-refractivity contribution in [3.63, 3.8) is 0 Å². The molecule has 0 amide bonds. The van der Waals surface area contributed by atoms with Crippen molar-refractivity contribution in [2.45, 2.75) is 52.0 Å². The fourth-order valence-corrected chi connectivity index (χ4v) is 5.27. The van der Waals surface area contributed by atoms with Gasteiger partial charge in [-0.05, 0) is 69.9 Å².